The van der Waals surface area contributed by atoms with Crippen LogP contribution in [0.1, 0.15) is 63.2 Å². The average Bonchev–Trinajstić information content (AvgIpc) is 2.78. The predicted molar refractivity (Wildman–Crippen MR) is 122 cm³/mol. The third-order valence-corrected chi connectivity index (χ3v) is 5.04. The number of carbonyl (C=O) groups excluding carboxylic acids is 3. The van der Waals surface area contributed by atoms with E-state index in [1.165, 1.54) is 6.92 Å². The van der Waals surface area contributed by atoms with Crippen LogP contribution in [0.25, 0.3) is 0 Å². The van der Waals surface area contributed by atoms with E-state index in [2.05, 4.69) is 10.6 Å². The monoisotopic (exact) mass is 440 g/mol. The van der Waals surface area contributed by atoms with Gasteiger partial charge < -0.3 is 20.1 Å². The van der Waals surface area contributed by atoms with Gasteiger partial charge in [-0.3, -0.25) is 14.4 Å². The van der Waals surface area contributed by atoms with Gasteiger partial charge in [-0.25, -0.2) is 0 Å². The van der Waals surface area contributed by atoms with Crippen molar-refractivity contribution >= 4 is 17.8 Å². The summed E-state index contributed by atoms with van der Waals surface area (Å²) in [5.41, 5.74) is 1.74. The Balaban J connectivity index is 2.00. The predicted octanol–water partition coefficient (Wildman–Crippen LogP) is 3.85. The van der Waals surface area contributed by atoms with Crippen molar-refractivity contribution in [2.45, 2.75) is 58.2 Å². The molecule has 172 valence electrons. The van der Waals surface area contributed by atoms with E-state index >= 15 is 0 Å². The highest BCUT2D eigenvalue weighted by atomic mass is 16.5. The Kier molecular flexibility index (Phi) is 9.73. The molecule has 3 unspecified atom stereocenters. The molecule has 0 spiro atoms. The standard InChI is InChI=1S/C25H32N2O5/c1-5-9-22(19-10-7-6-8-11-19)27-25(30)17(2)32-24(29)16-23(26-18(3)28)20-12-14-21(31-4)15-13-20/h6-8,10-15,17,22-23H,5,9,16H2,1-4H3,(H,26,28)(H,27,30). The number of esters is 1. The summed E-state index contributed by atoms with van der Waals surface area (Å²) in [5.74, 6) is -0.534. The lowest BCUT2D eigenvalue weighted by Crippen LogP contribution is -2.38. The van der Waals surface area contributed by atoms with Crippen molar-refractivity contribution in [2.24, 2.45) is 0 Å². The zero-order valence-electron chi connectivity index (χ0n) is 19.1. The minimum absolute atomic E-state index is 0.0966. The van der Waals surface area contributed by atoms with Crippen LogP contribution < -0.4 is 15.4 Å². The molecule has 0 fully saturated rings. The van der Waals surface area contributed by atoms with Crippen LogP contribution in [0.2, 0.25) is 0 Å². The van der Waals surface area contributed by atoms with E-state index < -0.39 is 18.1 Å². The van der Waals surface area contributed by atoms with Gasteiger partial charge in [-0.15, -0.1) is 0 Å². The normalized spacial score (nSPS) is 13.4. The average molecular weight is 441 g/mol. The third kappa shape index (κ3) is 7.72. The zero-order valence-corrected chi connectivity index (χ0v) is 19.1. The second-order valence-corrected chi connectivity index (χ2v) is 7.62. The van der Waals surface area contributed by atoms with Crippen molar-refractivity contribution in [3.05, 3.63) is 65.7 Å². The molecule has 0 saturated heterocycles. The van der Waals surface area contributed by atoms with Gasteiger partial charge in [0, 0.05) is 6.92 Å². The Labute approximate surface area is 189 Å². The molecule has 0 heterocycles. The minimum atomic E-state index is -0.959. The molecule has 0 bridgehead atoms. The Morgan fingerprint density at radius 3 is 2.09 bits per heavy atom. The van der Waals surface area contributed by atoms with Crippen molar-refractivity contribution in [1.29, 1.82) is 0 Å². The van der Waals surface area contributed by atoms with Gasteiger partial charge in [0.2, 0.25) is 5.91 Å². The fourth-order valence-electron chi connectivity index (χ4n) is 3.38. The maximum absolute atomic E-state index is 12.7. The summed E-state index contributed by atoms with van der Waals surface area (Å²) in [6.45, 7) is 4.98. The van der Waals surface area contributed by atoms with Crippen LogP contribution in [0.5, 0.6) is 5.75 Å². The molecular weight excluding hydrogens is 408 g/mol. The van der Waals surface area contributed by atoms with E-state index in [9.17, 15) is 14.4 Å². The highest BCUT2D eigenvalue weighted by Crippen LogP contribution is 2.22. The van der Waals surface area contributed by atoms with Crippen molar-refractivity contribution in [3.63, 3.8) is 0 Å². The molecule has 32 heavy (non-hydrogen) atoms. The Hall–Kier alpha value is -3.35. The molecule has 0 saturated carbocycles. The van der Waals surface area contributed by atoms with Crippen LogP contribution >= 0.6 is 0 Å². The van der Waals surface area contributed by atoms with Gasteiger partial charge in [0.15, 0.2) is 6.10 Å². The van der Waals surface area contributed by atoms with Gasteiger partial charge >= 0.3 is 5.97 Å². The second kappa shape index (κ2) is 12.5. The van der Waals surface area contributed by atoms with E-state index in [1.54, 1.807) is 38.3 Å². The molecule has 0 aromatic heterocycles. The van der Waals surface area contributed by atoms with E-state index in [1.807, 2.05) is 37.3 Å². The van der Waals surface area contributed by atoms with E-state index in [-0.39, 0.29) is 24.3 Å². The van der Waals surface area contributed by atoms with E-state index in [4.69, 9.17) is 9.47 Å². The third-order valence-electron chi connectivity index (χ3n) is 5.04. The number of carbonyl (C=O) groups is 3. The van der Waals surface area contributed by atoms with Crippen molar-refractivity contribution < 1.29 is 23.9 Å². The Bertz CT molecular complexity index is 883. The van der Waals surface area contributed by atoms with Gasteiger partial charge in [-0.05, 0) is 36.6 Å². The number of ether oxygens (including phenoxy) is 2. The van der Waals surface area contributed by atoms with Crippen LogP contribution in [-0.4, -0.2) is 31.0 Å². The maximum Gasteiger partial charge on any atom is 0.309 e. The largest absolute Gasteiger partial charge is 0.497 e. The molecule has 3 atom stereocenters. The van der Waals surface area contributed by atoms with Crippen LogP contribution in [-0.2, 0) is 19.1 Å². The first-order valence-corrected chi connectivity index (χ1v) is 10.8. The summed E-state index contributed by atoms with van der Waals surface area (Å²) in [7, 11) is 1.56. The summed E-state index contributed by atoms with van der Waals surface area (Å²) in [5, 5.41) is 5.73. The molecule has 0 aliphatic carbocycles. The Morgan fingerprint density at radius 2 is 1.53 bits per heavy atom. The lowest BCUT2D eigenvalue weighted by molar-refractivity contribution is -0.155. The number of benzene rings is 2. The first-order valence-electron chi connectivity index (χ1n) is 10.8. The van der Waals surface area contributed by atoms with Crippen molar-refractivity contribution in [2.75, 3.05) is 7.11 Å². The fourth-order valence-corrected chi connectivity index (χ4v) is 3.38. The molecule has 2 aromatic carbocycles. The number of nitrogens with one attached hydrogen (secondary N) is 2. The fraction of sp³-hybridized carbons (Fsp3) is 0.400. The molecule has 0 radical (unpaired) electrons. The summed E-state index contributed by atoms with van der Waals surface area (Å²) >= 11 is 0. The van der Waals surface area contributed by atoms with Gasteiger partial charge in [0.05, 0.1) is 25.6 Å². The quantitative estimate of drug-likeness (QED) is 0.518. The summed E-state index contributed by atoms with van der Waals surface area (Å²) in [4.78, 5) is 36.8. The lowest BCUT2D eigenvalue weighted by atomic mass is 10.0. The molecule has 7 heteroatoms. The SMILES string of the molecule is CCCC(NC(=O)C(C)OC(=O)CC(NC(C)=O)c1ccc(OC)cc1)c1ccccc1. The van der Waals surface area contributed by atoms with Crippen LogP contribution in [0.15, 0.2) is 54.6 Å². The number of methoxy groups -OCH3 is 1. The zero-order chi connectivity index (χ0) is 23.5. The van der Waals surface area contributed by atoms with Crippen LogP contribution in [0.4, 0.5) is 0 Å². The number of amides is 2. The maximum atomic E-state index is 12.7. The van der Waals surface area contributed by atoms with Gasteiger partial charge in [-0.1, -0.05) is 55.8 Å². The topological polar surface area (TPSA) is 93.7 Å². The summed E-state index contributed by atoms with van der Waals surface area (Å²) in [6.07, 6.45) is 0.618. The number of hydrogen-bond acceptors (Lipinski definition) is 5. The van der Waals surface area contributed by atoms with Gasteiger partial charge in [0.1, 0.15) is 5.75 Å². The van der Waals surface area contributed by atoms with E-state index in [0.717, 1.165) is 24.0 Å². The molecule has 2 amide bonds. The first kappa shape index (κ1) is 24.9. The van der Waals surface area contributed by atoms with Gasteiger partial charge in [-0.2, -0.15) is 0 Å². The molecule has 2 N–H and O–H groups in total. The summed E-state index contributed by atoms with van der Waals surface area (Å²) < 4.78 is 10.5. The minimum Gasteiger partial charge on any atom is -0.497 e. The number of hydrogen-bond donors (Lipinski definition) is 2. The molecule has 2 rings (SSSR count). The van der Waals surface area contributed by atoms with Crippen molar-refractivity contribution in [1.82, 2.24) is 10.6 Å². The smallest absolute Gasteiger partial charge is 0.309 e. The van der Waals surface area contributed by atoms with Crippen LogP contribution in [0, 0.1) is 0 Å². The van der Waals surface area contributed by atoms with Gasteiger partial charge in [0.25, 0.3) is 5.91 Å². The lowest BCUT2D eigenvalue weighted by Gasteiger charge is -2.22. The molecular formula is C25H32N2O5. The molecule has 0 aliphatic rings. The second-order valence-electron chi connectivity index (χ2n) is 7.62. The highest BCUT2D eigenvalue weighted by molar-refractivity contribution is 5.84. The first-order chi connectivity index (χ1) is 15.3. The van der Waals surface area contributed by atoms with Crippen LogP contribution in [0.3, 0.4) is 0 Å². The molecule has 7 nitrogen and oxygen atoms in total. The van der Waals surface area contributed by atoms with Crippen molar-refractivity contribution in [3.8, 4) is 5.75 Å². The van der Waals surface area contributed by atoms with E-state index in [0.29, 0.717) is 5.75 Å². The Morgan fingerprint density at radius 1 is 0.906 bits per heavy atom. The molecule has 2 aromatic rings. The summed E-state index contributed by atoms with van der Waals surface area (Å²) in [6, 6.07) is 16.0. The highest BCUT2D eigenvalue weighted by Gasteiger charge is 2.24. The number of rotatable bonds is 11. The molecule has 0 aliphatic heterocycles.